The molecule has 0 aromatic rings. The molecule has 0 aromatic heterocycles. The molecule has 0 radical (unpaired) electrons. The van der Waals surface area contributed by atoms with Gasteiger partial charge in [-0.25, -0.2) is 9.79 Å². The molecular weight excluding hydrogens is 437 g/mol. The van der Waals surface area contributed by atoms with Crippen LogP contribution in [0.25, 0.3) is 0 Å². The minimum Gasteiger partial charge on any atom is -0.450 e. The fourth-order valence-corrected chi connectivity index (χ4v) is 2.16. The Morgan fingerprint density at radius 1 is 1.16 bits per heavy atom. The summed E-state index contributed by atoms with van der Waals surface area (Å²) in [6.07, 6.45) is 0.692. The summed E-state index contributed by atoms with van der Waals surface area (Å²) in [6.45, 7) is 8.98. The number of halogens is 1. The van der Waals surface area contributed by atoms with Crippen molar-refractivity contribution in [2.75, 3.05) is 53.4 Å². The van der Waals surface area contributed by atoms with Gasteiger partial charge in [0.25, 0.3) is 0 Å². The van der Waals surface area contributed by atoms with Gasteiger partial charge in [0.2, 0.25) is 5.91 Å². The van der Waals surface area contributed by atoms with E-state index in [1.807, 2.05) is 0 Å². The number of aliphatic imine (C=N–C) groups is 1. The Balaban J connectivity index is 0.00000576. The molecule has 1 atom stereocenters. The number of hydrogen-bond donors (Lipinski definition) is 1. The fourth-order valence-electron chi connectivity index (χ4n) is 2.16. The maximum Gasteiger partial charge on any atom is 0.409 e. The lowest BCUT2D eigenvalue weighted by Gasteiger charge is -2.36. The van der Waals surface area contributed by atoms with Gasteiger partial charge in [-0.15, -0.1) is 24.0 Å². The lowest BCUT2D eigenvalue weighted by Crippen LogP contribution is -2.55. The quantitative estimate of drug-likeness (QED) is 0.372. The van der Waals surface area contributed by atoms with Crippen LogP contribution in [0.2, 0.25) is 0 Å². The van der Waals surface area contributed by atoms with Crippen LogP contribution in [0.3, 0.4) is 0 Å². The first-order valence-electron chi connectivity index (χ1n) is 8.56. The second-order valence-corrected chi connectivity index (χ2v) is 6.05. The first kappa shape index (κ1) is 23.7. The van der Waals surface area contributed by atoms with Gasteiger partial charge in [0, 0.05) is 46.3 Å². The predicted molar refractivity (Wildman–Crippen MR) is 109 cm³/mol. The molecule has 9 heteroatoms. The van der Waals surface area contributed by atoms with Gasteiger partial charge in [-0.05, 0) is 20.3 Å². The highest BCUT2D eigenvalue weighted by Gasteiger charge is 2.24. The standard InChI is InChI=1S/C16H31N5O3.HI/c1-6-13(3)18-15(17-12-14(22)19(4)5)20-8-10-21(11-9-20)16(23)24-7-2;/h13H,6-12H2,1-5H3,(H,17,18);1H. The van der Waals surface area contributed by atoms with Crippen LogP contribution in [0.15, 0.2) is 4.99 Å². The zero-order valence-corrected chi connectivity index (χ0v) is 18.3. The Bertz CT molecular complexity index is 451. The Kier molecular flexibility index (Phi) is 11.5. The number of rotatable bonds is 5. The molecular formula is C16H32IN5O3. The summed E-state index contributed by atoms with van der Waals surface area (Å²) in [5.41, 5.74) is 0. The van der Waals surface area contributed by atoms with Crippen LogP contribution >= 0.6 is 24.0 Å². The molecule has 8 nitrogen and oxygen atoms in total. The summed E-state index contributed by atoms with van der Waals surface area (Å²) in [5, 5.41) is 3.37. The van der Waals surface area contributed by atoms with Crippen molar-refractivity contribution >= 4 is 41.9 Å². The fraction of sp³-hybridized carbons (Fsp3) is 0.812. The Morgan fingerprint density at radius 3 is 2.20 bits per heavy atom. The van der Waals surface area contributed by atoms with Crippen LogP contribution in [-0.4, -0.2) is 92.1 Å². The average molecular weight is 469 g/mol. The van der Waals surface area contributed by atoms with Crippen molar-refractivity contribution < 1.29 is 14.3 Å². The van der Waals surface area contributed by atoms with Gasteiger partial charge in [0.05, 0.1) is 6.61 Å². The van der Waals surface area contributed by atoms with E-state index in [0.717, 1.165) is 12.4 Å². The second kappa shape index (κ2) is 12.2. The van der Waals surface area contributed by atoms with E-state index in [4.69, 9.17) is 4.74 Å². The van der Waals surface area contributed by atoms with E-state index in [1.165, 1.54) is 4.90 Å². The second-order valence-electron chi connectivity index (χ2n) is 6.05. The number of guanidine groups is 1. The van der Waals surface area contributed by atoms with Crippen LogP contribution in [0.4, 0.5) is 4.79 Å². The molecule has 0 saturated carbocycles. The lowest BCUT2D eigenvalue weighted by atomic mass is 10.2. The molecule has 1 N–H and O–H groups in total. The number of piperazine rings is 1. The number of nitrogens with one attached hydrogen (secondary N) is 1. The smallest absolute Gasteiger partial charge is 0.409 e. The maximum atomic E-state index is 11.8. The summed E-state index contributed by atoms with van der Waals surface area (Å²) in [4.78, 5) is 33.4. The van der Waals surface area contributed by atoms with Crippen LogP contribution < -0.4 is 5.32 Å². The molecule has 0 spiro atoms. The maximum absolute atomic E-state index is 11.8. The largest absolute Gasteiger partial charge is 0.450 e. The van der Waals surface area contributed by atoms with Crippen LogP contribution in [0, 0.1) is 0 Å². The third-order valence-electron chi connectivity index (χ3n) is 3.96. The van der Waals surface area contributed by atoms with Crippen molar-refractivity contribution in [2.24, 2.45) is 4.99 Å². The zero-order valence-electron chi connectivity index (χ0n) is 15.9. The number of hydrogen-bond acceptors (Lipinski definition) is 4. The molecule has 1 heterocycles. The Morgan fingerprint density at radius 2 is 1.72 bits per heavy atom. The SMILES string of the molecule is CCOC(=O)N1CCN(C(=NCC(=O)N(C)C)NC(C)CC)CC1.I. The Hall–Kier alpha value is -1.26. The van der Waals surface area contributed by atoms with Crippen molar-refractivity contribution in [3.8, 4) is 0 Å². The zero-order chi connectivity index (χ0) is 18.1. The molecule has 1 unspecified atom stereocenters. The third kappa shape index (κ3) is 8.10. The first-order chi connectivity index (χ1) is 11.4. The summed E-state index contributed by atoms with van der Waals surface area (Å²) < 4.78 is 5.04. The molecule has 0 bridgehead atoms. The highest BCUT2D eigenvalue weighted by Crippen LogP contribution is 2.05. The van der Waals surface area contributed by atoms with E-state index in [1.54, 1.807) is 25.9 Å². The third-order valence-corrected chi connectivity index (χ3v) is 3.96. The summed E-state index contributed by atoms with van der Waals surface area (Å²) in [6, 6.07) is 0.265. The lowest BCUT2D eigenvalue weighted by molar-refractivity contribution is -0.127. The van der Waals surface area contributed by atoms with Crippen molar-refractivity contribution in [3.05, 3.63) is 0 Å². The normalized spacial score (nSPS) is 16.0. The van der Waals surface area contributed by atoms with Crippen LogP contribution in [0.5, 0.6) is 0 Å². The molecule has 1 saturated heterocycles. The number of nitrogens with zero attached hydrogens (tertiary/aromatic N) is 4. The summed E-state index contributed by atoms with van der Waals surface area (Å²) >= 11 is 0. The van der Waals surface area contributed by atoms with Gasteiger partial charge in [-0.3, -0.25) is 4.79 Å². The van der Waals surface area contributed by atoms with Gasteiger partial charge in [-0.2, -0.15) is 0 Å². The van der Waals surface area contributed by atoms with Crippen LogP contribution in [-0.2, 0) is 9.53 Å². The van der Waals surface area contributed by atoms with Crippen LogP contribution in [0.1, 0.15) is 27.2 Å². The molecule has 25 heavy (non-hydrogen) atoms. The highest BCUT2D eigenvalue weighted by atomic mass is 127. The predicted octanol–water partition coefficient (Wildman–Crippen LogP) is 1.21. The van der Waals surface area contributed by atoms with Crippen molar-refractivity contribution in [2.45, 2.75) is 33.2 Å². The number of amides is 2. The minimum atomic E-state index is -0.270. The average Bonchev–Trinajstić information content (AvgIpc) is 2.58. The van der Waals surface area contributed by atoms with E-state index >= 15 is 0 Å². The number of carbonyl (C=O) groups excluding carboxylic acids is 2. The van der Waals surface area contributed by atoms with E-state index in [0.29, 0.717) is 32.8 Å². The van der Waals surface area contributed by atoms with E-state index in [2.05, 4.69) is 29.1 Å². The summed E-state index contributed by atoms with van der Waals surface area (Å²) in [7, 11) is 3.44. The van der Waals surface area contributed by atoms with E-state index in [9.17, 15) is 9.59 Å². The molecule has 1 fully saturated rings. The number of ether oxygens (including phenoxy) is 1. The highest BCUT2D eigenvalue weighted by molar-refractivity contribution is 14.0. The van der Waals surface area contributed by atoms with Gasteiger partial charge in [-0.1, -0.05) is 6.92 Å². The summed E-state index contributed by atoms with van der Waals surface area (Å²) in [5.74, 6) is 0.687. The van der Waals surface area contributed by atoms with E-state index < -0.39 is 0 Å². The number of carbonyl (C=O) groups is 2. The molecule has 0 aromatic carbocycles. The molecule has 1 rings (SSSR count). The van der Waals surface area contributed by atoms with Gasteiger partial charge >= 0.3 is 6.09 Å². The molecule has 0 aliphatic carbocycles. The first-order valence-corrected chi connectivity index (χ1v) is 8.56. The minimum absolute atomic E-state index is 0. The molecule has 146 valence electrons. The molecule has 2 amide bonds. The Labute approximate surface area is 168 Å². The van der Waals surface area contributed by atoms with E-state index in [-0.39, 0.29) is 48.6 Å². The monoisotopic (exact) mass is 469 g/mol. The van der Waals surface area contributed by atoms with Crippen molar-refractivity contribution in [1.82, 2.24) is 20.0 Å². The van der Waals surface area contributed by atoms with Crippen molar-refractivity contribution in [1.29, 1.82) is 0 Å². The van der Waals surface area contributed by atoms with Crippen molar-refractivity contribution in [3.63, 3.8) is 0 Å². The van der Waals surface area contributed by atoms with Gasteiger partial charge in [0.15, 0.2) is 5.96 Å². The number of likely N-dealkylation sites (N-methyl/N-ethyl adjacent to an activating group) is 1. The van der Waals surface area contributed by atoms with Gasteiger partial charge in [0.1, 0.15) is 6.54 Å². The van der Waals surface area contributed by atoms with Gasteiger partial charge < -0.3 is 24.8 Å². The molecule has 1 aliphatic heterocycles. The molecule has 1 aliphatic rings. The topological polar surface area (TPSA) is 77.5 Å².